The van der Waals surface area contributed by atoms with Crippen LogP contribution in [0.25, 0.3) is 0 Å². The highest BCUT2D eigenvalue weighted by molar-refractivity contribution is 6.74. The zero-order valence-electron chi connectivity index (χ0n) is 13.8. The molecule has 1 heterocycles. The van der Waals surface area contributed by atoms with Crippen LogP contribution in [0, 0.1) is 0 Å². The number of rotatable bonds is 5. The van der Waals surface area contributed by atoms with E-state index < -0.39 is 8.32 Å². The number of β-lactam (4-membered cyclic amide) rings is 1. The first-order valence-electron chi connectivity index (χ1n) is 7.68. The van der Waals surface area contributed by atoms with Crippen LogP contribution in [0.15, 0.2) is 30.3 Å². The SMILES string of the molecule is CC(C)(C)[Si](C)(C)OCC1CC(=O)N1Cc1ccccc1. The Morgan fingerprint density at radius 1 is 1.24 bits per heavy atom. The topological polar surface area (TPSA) is 29.5 Å². The molecule has 1 aromatic rings. The van der Waals surface area contributed by atoms with Crippen LogP contribution in [0.1, 0.15) is 32.8 Å². The molecular weight excluding hydrogens is 278 g/mol. The van der Waals surface area contributed by atoms with Crippen molar-refractivity contribution < 1.29 is 9.22 Å². The quantitative estimate of drug-likeness (QED) is 0.611. The van der Waals surface area contributed by atoms with Gasteiger partial charge in [0.25, 0.3) is 0 Å². The molecule has 0 spiro atoms. The second-order valence-corrected chi connectivity index (χ2v) is 12.2. The van der Waals surface area contributed by atoms with Crippen LogP contribution >= 0.6 is 0 Å². The summed E-state index contributed by atoms with van der Waals surface area (Å²) in [6.07, 6.45) is 0.626. The van der Waals surface area contributed by atoms with Crippen LogP contribution in [0.4, 0.5) is 0 Å². The van der Waals surface area contributed by atoms with Crippen molar-refractivity contribution in [1.29, 1.82) is 0 Å². The minimum absolute atomic E-state index is 0.213. The maximum atomic E-state index is 11.8. The van der Waals surface area contributed by atoms with E-state index in [1.54, 1.807) is 0 Å². The minimum Gasteiger partial charge on any atom is -0.415 e. The van der Waals surface area contributed by atoms with Crippen molar-refractivity contribution in [1.82, 2.24) is 4.90 Å². The Balaban J connectivity index is 1.91. The van der Waals surface area contributed by atoms with Crippen LogP contribution in [-0.2, 0) is 15.8 Å². The van der Waals surface area contributed by atoms with E-state index in [4.69, 9.17) is 4.43 Å². The van der Waals surface area contributed by atoms with Crippen LogP contribution in [0.5, 0.6) is 0 Å². The molecule has 1 atom stereocenters. The Morgan fingerprint density at radius 3 is 2.38 bits per heavy atom. The van der Waals surface area contributed by atoms with E-state index in [0.29, 0.717) is 19.6 Å². The second-order valence-electron chi connectivity index (χ2n) is 7.44. The van der Waals surface area contributed by atoms with Gasteiger partial charge in [-0.15, -0.1) is 0 Å². The van der Waals surface area contributed by atoms with Crippen molar-refractivity contribution in [2.75, 3.05) is 6.61 Å². The summed E-state index contributed by atoms with van der Waals surface area (Å²) < 4.78 is 6.26. The minimum atomic E-state index is -1.73. The van der Waals surface area contributed by atoms with E-state index in [1.165, 1.54) is 5.56 Å². The second kappa shape index (κ2) is 5.93. The largest absolute Gasteiger partial charge is 0.415 e. The number of benzene rings is 1. The summed E-state index contributed by atoms with van der Waals surface area (Å²) in [5.41, 5.74) is 1.18. The number of amides is 1. The zero-order valence-corrected chi connectivity index (χ0v) is 14.8. The molecule has 0 N–H and O–H groups in total. The third-order valence-corrected chi connectivity index (χ3v) is 9.31. The molecule has 4 heteroatoms. The zero-order chi connectivity index (χ0) is 15.7. The molecule has 1 fully saturated rings. The number of nitrogens with zero attached hydrogens (tertiary/aromatic N) is 1. The van der Waals surface area contributed by atoms with Crippen molar-refractivity contribution in [3.63, 3.8) is 0 Å². The molecule has 116 valence electrons. The summed E-state index contributed by atoms with van der Waals surface area (Å²) in [5, 5.41) is 0.213. The molecule has 1 unspecified atom stereocenters. The van der Waals surface area contributed by atoms with Gasteiger partial charge in [-0.3, -0.25) is 4.79 Å². The van der Waals surface area contributed by atoms with E-state index in [-0.39, 0.29) is 17.0 Å². The van der Waals surface area contributed by atoms with Gasteiger partial charge in [-0.05, 0) is 23.7 Å². The first-order chi connectivity index (χ1) is 9.71. The monoisotopic (exact) mass is 305 g/mol. The average molecular weight is 305 g/mol. The highest BCUT2D eigenvalue weighted by Crippen LogP contribution is 2.37. The number of likely N-dealkylation sites (tertiary alicyclic amines) is 1. The molecule has 0 bridgehead atoms. The van der Waals surface area contributed by atoms with Crippen molar-refractivity contribution >= 4 is 14.2 Å². The van der Waals surface area contributed by atoms with Crippen molar-refractivity contribution in [3.05, 3.63) is 35.9 Å². The maximum Gasteiger partial charge on any atom is 0.225 e. The lowest BCUT2D eigenvalue weighted by atomic mass is 10.0. The lowest BCUT2D eigenvalue weighted by Gasteiger charge is -2.44. The van der Waals surface area contributed by atoms with Crippen molar-refractivity contribution in [3.8, 4) is 0 Å². The molecule has 3 nitrogen and oxygen atoms in total. The van der Waals surface area contributed by atoms with Crippen molar-refractivity contribution in [2.45, 2.75) is 57.9 Å². The molecular formula is C17H27NO2Si. The van der Waals surface area contributed by atoms with E-state index >= 15 is 0 Å². The molecule has 21 heavy (non-hydrogen) atoms. The molecule has 0 aromatic heterocycles. The molecule has 1 aliphatic rings. The third kappa shape index (κ3) is 3.74. The molecule has 1 aliphatic heterocycles. The van der Waals surface area contributed by atoms with Crippen LogP contribution in [0.2, 0.25) is 18.1 Å². The van der Waals surface area contributed by atoms with Crippen LogP contribution in [0.3, 0.4) is 0 Å². The Labute approximate surface area is 129 Å². The number of carbonyl (C=O) groups excluding carboxylic acids is 1. The Kier molecular flexibility index (Phi) is 4.59. The Bertz CT molecular complexity index is 493. The number of hydrogen-bond acceptors (Lipinski definition) is 2. The third-order valence-electron chi connectivity index (χ3n) is 4.81. The van der Waals surface area contributed by atoms with Gasteiger partial charge in [-0.2, -0.15) is 0 Å². The summed E-state index contributed by atoms with van der Waals surface area (Å²) in [5.74, 6) is 0.239. The fourth-order valence-electron chi connectivity index (χ4n) is 2.19. The summed E-state index contributed by atoms with van der Waals surface area (Å²) in [6, 6.07) is 10.4. The average Bonchev–Trinajstić information content (AvgIpc) is 2.40. The van der Waals surface area contributed by atoms with Gasteiger partial charge in [0.1, 0.15) is 0 Å². The molecule has 2 rings (SSSR count). The Hall–Kier alpha value is -1.13. The van der Waals surface area contributed by atoms with Crippen LogP contribution < -0.4 is 0 Å². The standard InChI is InChI=1S/C17H27NO2Si/c1-17(2,3)21(4,5)20-13-15-11-16(19)18(15)12-14-9-7-6-8-10-14/h6-10,15H,11-13H2,1-5H3. The number of hydrogen-bond donors (Lipinski definition) is 0. The first kappa shape index (κ1) is 16.2. The van der Waals surface area contributed by atoms with Gasteiger partial charge in [0.05, 0.1) is 12.6 Å². The molecule has 1 aromatic carbocycles. The first-order valence-corrected chi connectivity index (χ1v) is 10.6. The van der Waals surface area contributed by atoms with Gasteiger partial charge >= 0.3 is 0 Å². The molecule has 1 amide bonds. The predicted octanol–water partition coefficient (Wildman–Crippen LogP) is 3.81. The molecule has 0 aliphatic carbocycles. The van der Waals surface area contributed by atoms with Gasteiger partial charge in [0.15, 0.2) is 8.32 Å². The summed E-state index contributed by atoms with van der Waals surface area (Å²) in [6.45, 7) is 12.6. The molecule has 0 radical (unpaired) electrons. The van der Waals surface area contributed by atoms with Gasteiger partial charge < -0.3 is 9.33 Å². The van der Waals surface area contributed by atoms with E-state index in [9.17, 15) is 4.79 Å². The predicted molar refractivity (Wildman–Crippen MR) is 88.5 cm³/mol. The smallest absolute Gasteiger partial charge is 0.225 e. The van der Waals surface area contributed by atoms with Gasteiger partial charge in [-0.25, -0.2) is 0 Å². The summed E-state index contributed by atoms with van der Waals surface area (Å²) >= 11 is 0. The van der Waals surface area contributed by atoms with Gasteiger partial charge in [0.2, 0.25) is 5.91 Å². The van der Waals surface area contributed by atoms with Gasteiger partial charge in [0, 0.05) is 13.0 Å². The highest BCUT2D eigenvalue weighted by atomic mass is 28.4. The lowest BCUT2D eigenvalue weighted by Crippen LogP contribution is -2.56. The molecule has 1 saturated heterocycles. The summed E-state index contributed by atoms with van der Waals surface area (Å²) in [4.78, 5) is 13.8. The fourth-order valence-corrected chi connectivity index (χ4v) is 3.23. The normalized spacial score (nSPS) is 19.6. The van der Waals surface area contributed by atoms with E-state index in [1.807, 2.05) is 23.1 Å². The maximum absolute atomic E-state index is 11.8. The lowest BCUT2D eigenvalue weighted by molar-refractivity contribution is -0.148. The fraction of sp³-hybridized carbons (Fsp3) is 0.588. The van der Waals surface area contributed by atoms with E-state index in [2.05, 4.69) is 46.0 Å². The van der Waals surface area contributed by atoms with Crippen molar-refractivity contribution in [2.24, 2.45) is 0 Å². The van der Waals surface area contributed by atoms with Crippen LogP contribution in [-0.4, -0.2) is 31.8 Å². The number of carbonyl (C=O) groups is 1. The van der Waals surface area contributed by atoms with E-state index in [0.717, 1.165) is 0 Å². The highest BCUT2D eigenvalue weighted by Gasteiger charge is 2.41. The van der Waals surface area contributed by atoms with Gasteiger partial charge in [-0.1, -0.05) is 51.1 Å². The molecule has 0 saturated carbocycles. The Morgan fingerprint density at radius 2 is 1.86 bits per heavy atom. The summed E-state index contributed by atoms with van der Waals surface area (Å²) in [7, 11) is -1.73.